The Morgan fingerprint density at radius 3 is 2.33 bits per heavy atom. The number of thioether (sulfide) groups is 1. The molecule has 1 aliphatic heterocycles. The molecule has 2 N–H and O–H groups in total. The second kappa shape index (κ2) is 14.4. The standard InChI is InChI=1S/C33H40N2O5S2/c1-23-9-7-8-12-28(23)30-20-25(13-16-29(30)32(36)34-31(33(37)38)17-18-42(3,39)40)21-35-26(14-15-27(35)22-41-2)19-24-10-5-4-6-11-24/h4-13,16,20,26-27,31H,14-15,17-19,21-22H2,1-3H3,(H,34,36)(H,37,38)/t26-,27+,31-/m0/s1. The Kier molecular flexibility index (Phi) is 10.9. The summed E-state index contributed by atoms with van der Waals surface area (Å²) in [5.41, 5.74) is 5.41. The van der Waals surface area contributed by atoms with Crippen molar-refractivity contribution >= 4 is 33.5 Å². The average Bonchev–Trinajstić information content (AvgIpc) is 3.31. The van der Waals surface area contributed by atoms with Crippen molar-refractivity contribution in [3.05, 3.63) is 95.1 Å². The van der Waals surface area contributed by atoms with Crippen molar-refractivity contribution in [2.24, 2.45) is 0 Å². The van der Waals surface area contributed by atoms with E-state index in [0.717, 1.165) is 60.1 Å². The van der Waals surface area contributed by atoms with E-state index >= 15 is 0 Å². The van der Waals surface area contributed by atoms with Gasteiger partial charge in [0.1, 0.15) is 15.9 Å². The van der Waals surface area contributed by atoms with Crippen molar-refractivity contribution in [3.8, 4) is 11.1 Å². The summed E-state index contributed by atoms with van der Waals surface area (Å²) in [6, 6.07) is 23.8. The van der Waals surface area contributed by atoms with Gasteiger partial charge >= 0.3 is 5.97 Å². The molecule has 0 aliphatic carbocycles. The fraction of sp³-hybridized carbons (Fsp3) is 0.394. The molecule has 1 fully saturated rings. The number of nitrogens with zero attached hydrogens (tertiary/aromatic N) is 1. The molecule has 1 amide bonds. The highest BCUT2D eigenvalue weighted by Crippen LogP contribution is 2.33. The average molecular weight is 609 g/mol. The first-order valence-corrected chi connectivity index (χ1v) is 17.7. The summed E-state index contributed by atoms with van der Waals surface area (Å²) >= 11 is 1.86. The van der Waals surface area contributed by atoms with E-state index in [2.05, 4.69) is 46.8 Å². The second-order valence-corrected chi connectivity index (χ2v) is 14.4. The normalized spacial score (nSPS) is 18.1. The van der Waals surface area contributed by atoms with Gasteiger partial charge in [0.05, 0.1) is 5.75 Å². The molecule has 7 nitrogen and oxygen atoms in total. The molecule has 9 heteroatoms. The van der Waals surface area contributed by atoms with Crippen LogP contribution in [0.4, 0.5) is 0 Å². The molecule has 1 saturated heterocycles. The smallest absolute Gasteiger partial charge is 0.326 e. The summed E-state index contributed by atoms with van der Waals surface area (Å²) < 4.78 is 23.3. The molecule has 42 heavy (non-hydrogen) atoms. The van der Waals surface area contributed by atoms with Crippen LogP contribution in [0.1, 0.15) is 46.3 Å². The van der Waals surface area contributed by atoms with Crippen LogP contribution in [0, 0.1) is 6.92 Å². The van der Waals surface area contributed by atoms with Crippen LogP contribution >= 0.6 is 11.8 Å². The maximum atomic E-state index is 13.5. The van der Waals surface area contributed by atoms with Gasteiger partial charge in [-0.15, -0.1) is 0 Å². The van der Waals surface area contributed by atoms with Crippen LogP contribution in [0.25, 0.3) is 11.1 Å². The Labute approximate surface area is 253 Å². The molecule has 3 aromatic rings. The first-order valence-electron chi connectivity index (χ1n) is 14.2. The van der Waals surface area contributed by atoms with Crippen LogP contribution in [-0.2, 0) is 27.6 Å². The topological polar surface area (TPSA) is 104 Å². The third-order valence-electron chi connectivity index (χ3n) is 7.95. The molecule has 4 rings (SSSR count). The number of carboxylic acids is 1. The lowest BCUT2D eigenvalue weighted by Crippen LogP contribution is -2.42. The quantitative estimate of drug-likeness (QED) is 0.274. The van der Waals surface area contributed by atoms with Crippen LogP contribution < -0.4 is 5.32 Å². The molecule has 1 heterocycles. The number of aryl methyl sites for hydroxylation is 1. The summed E-state index contributed by atoms with van der Waals surface area (Å²) in [6.45, 7) is 2.73. The molecule has 3 atom stereocenters. The Balaban J connectivity index is 1.65. The molecular weight excluding hydrogens is 569 g/mol. The third kappa shape index (κ3) is 8.46. The molecule has 224 valence electrons. The van der Waals surface area contributed by atoms with Crippen molar-refractivity contribution in [1.29, 1.82) is 0 Å². The molecule has 0 unspecified atom stereocenters. The molecule has 0 saturated carbocycles. The van der Waals surface area contributed by atoms with Gasteiger partial charge in [0, 0.05) is 36.2 Å². The number of hydrogen-bond donors (Lipinski definition) is 2. The minimum Gasteiger partial charge on any atom is -0.480 e. The number of likely N-dealkylation sites (tertiary alicyclic amines) is 1. The number of aliphatic carboxylic acids is 1. The SMILES string of the molecule is CSC[C@H]1CC[C@@H](Cc2ccccc2)N1Cc1ccc(C(=O)N[C@@H](CCS(C)(=O)=O)C(=O)O)c(-c2ccccc2C)c1. The predicted octanol–water partition coefficient (Wildman–Crippen LogP) is 5.22. The van der Waals surface area contributed by atoms with E-state index < -0.39 is 27.8 Å². The summed E-state index contributed by atoms with van der Waals surface area (Å²) in [7, 11) is -3.38. The molecule has 3 aromatic carbocycles. The van der Waals surface area contributed by atoms with Crippen LogP contribution in [0.5, 0.6) is 0 Å². The molecular formula is C33H40N2O5S2. The largest absolute Gasteiger partial charge is 0.480 e. The minimum absolute atomic E-state index is 0.202. The van der Waals surface area contributed by atoms with Crippen molar-refractivity contribution in [2.75, 3.05) is 24.0 Å². The molecule has 0 spiro atoms. The van der Waals surface area contributed by atoms with Gasteiger partial charge in [-0.3, -0.25) is 9.69 Å². The summed E-state index contributed by atoms with van der Waals surface area (Å²) in [4.78, 5) is 28.0. The van der Waals surface area contributed by atoms with Gasteiger partial charge in [-0.1, -0.05) is 60.7 Å². The molecule has 0 bridgehead atoms. The molecule has 1 aliphatic rings. The van der Waals surface area contributed by atoms with E-state index in [1.165, 1.54) is 5.56 Å². The Morgan fingerprint density at radius 2 is 1.67 bits per heavy atom. The maximum absolute atomic E-state index is 13.5. The number of carboxylic acid groups (broad SMARTS) is 1. The Morgan fingerprint density at radius 1 is 0.976 bits per heavy atom. The van der Waals surface area contributed by atoms with Gasteiger partial charge < -0.3 is 10.4 Å². The highest BCUT2D eigenvalue weighted by atomic mass is 32.2. The van der Waals surface area contributed by atoms with E-state index in [1.54, 1.807) is 6.07 Å². The lowest BCUT2D eigenvalue weighted by molar-refractivity contribution is -0.139. The van der Waals surface area contributed by atoms with Crippen molar-refractivity contribution < 1.29 is 23.1 Å². The monoisotopic (exact) mass is 608 g/mol. The fourth-order valence-corrected chi connectivity index (χ4v) is 7.18. The lowest BCUT2D eigenvalue weighted by Gasteiger charge is -2.30. The van der Waals surface area contributed by atoms with E-state index in [4.69, 9.17) is 0 Å². The number of rotatable bonds is 13. The number of nitrogens with one attached hydrogen (secondary N) is 1. The van der Waals surface area contributed by atoms with Crippen LogP contribution in [0.15, 0.2) is 72.8 Å². The predicted molar refractivity (Wildman–Crippen MR) is 171 cm³/mol. The number of sulfone groups is 1. The number of hydrogen-bond acceptors (Lipinski definition) is 6. The summed E-state index contributed by atoms with van der Waals surface area (Å²) in [5.74, 6) is -1.07. The number of amides is 1. The first-order chi connectivity index (χ1) is 20.1. The van der Waals surface area contributed by atoms with Gasteiger partial charge in [0.15, 0.2) is 0 Å². The van der Waals surface area contributed by atoms with Crippen molar-refractivity contribution in [1.82, 2.24) is 10.2 Å². The third-order valence-corrected chi connectivity index (χ3v) is 9.65. The molecule has 0 aromatic heterocycles. The van der Waals surface area contributed by atoms with Gasteiger partial charge in [-0.05, 0) is 78.8 Å². The first kappa shape index (κ1) is 31.8. The number of carbonyl (C=O) groups is 2. The Bertz CT molecular complexity index is 1490. The fourth-order valence-electron chi connectivity index (χ4n) is 5.77. The van der Waals surface area contributed by atoms with Crippen LogP contribution in [0.3, 0.4) is 0 Å². The van der Waals surface area contributed by atoms with Gasteiger partial charge in [0.25, 0.3) is 5.91 Å². The highest BCUT2D eigenvalue weighted by molar-refractivity contribution is 7.98. The van der Waals surface area contributed by atoms with Gasteiger partial charge in [-0.2, -0.15) is 11.8 Å². The molecule has 0 radical (unpaired) electrons. The lowest BCUT2D eigenvalue weighted by atomic mass is 9.93. The van der Waals surface area contributed by atoms with Gasteiger partial charge in [-0.25, -0.2) is 13.2 Å². The zero-order chi connectivity index (χ0) is 30.3. The number of carbonyl (C=O) groups excluding carboxylic acids is 1. The van der Waals surface area contributed by atoms with Gasteiger partial charge in [0.2, 0.25) is 0 Å². The van der Waals surface area contributed by atoms with Crippen molar-refractivity contribution in [3.63, 3.8) is 0 Å². The minimum atomic E-state index is -3.38. The second-order valence-electron chi connectivity index (χ2n) is 11.2. The summed E-state index contributed by atoms with van der Waals surface area (Å²) in [5, 5.41) is 12.3. The zero-order valence-electron chi connectivity index (χ0n) is 24.5. The van der Waals surface area contributed by atoms with Crippen LogP contribution in [-0.4, -0.2) is 72.4 Å². The Hall–Kier alpha value is -3.14. The van der Waals surface area contributed by atoms with Crippen molar-refractivity contribution in [2.45, 2.75) is 57.3 Å². The van der Waals surface area contributed by atoms with E-state index in [1.807, 2.05) is 55.1 Å². The zero-order valence-corrected chi connectivity index (χ0v) is 26.1. The number of benzene rings is 3. The van der Waals surface area contributed by atoms with E-state index in [-0.39, 0.29) is 12.2 Å². The maximum Gasteiger partial charge on any atom is 0.326 e. The van der Waals surface area contributed by atoms with E-state index in [9.17, 15) is 23.1 Å². The summed E-state index contributed by atoms with van der Waals surface area (Å²) in [6.07, 6.45) is 6.26. The van der Waals surface area contributed by atoms with Crippen LogP contribution in [0.2, 0.25) is 0 Å². The van der Waals surface area contributed by atoms with E-state index in [0.29, 0.717) is 17.6 Å². The highest BCUT2D eigenvalue weighted by Gasteiger charge is 2.33.